The van der Waals surface area contributed by atoms with Crippen LogP contribution in [0.15, 0.2) is 33.8 Å². The minimum absolute atomic E-state index is 0.175. The van der Waals surface area contributed by atoms with Crippen LogP contribution in [-0.4, -0.2) is 30.3 Å². The summed E-state index contributed by atoms with van der Waals surface area (Å²) in [7, 11) is 0. The third-order valence-corrected chi connectivity index (χ3v) is 5.01. The van der Waals surface area contributed by atoms with E-state index >= 15 is 0 Å². The Balaban J connectivity index is 1.49. The van der Waals surface area contributed by atoms with Crippen LogP contribution in [0, 0.1) is 13.8 Å². The van der Waals surface area contributed by atoms with E-state index in [0.717, 1.165) is 49.1 Å². The van der Waals surface area contributed by atoms with Crippen molar-refractivity contribution in [1.82, 2.24) is 4.98 Å². The first-order chi connectivity index (χ1) is 13.7. The second kappa shape index (κ2) is 10.3. The third kappa shape index (κ3) is 5.83. The molecule has 0 spiro atoms. The molecule has 0 bridgehead atoms. The molecule has 1 aromatic heterocycles. The van der Waals surface area contributed by atoms with Gasteiger partial charge in [0.05, 0.1) is 18.8 Å². The van der Waals surface area contributed by atoms with E-state index in [1.807, 2.05) is 19.1 Å². The summed E-state index contributed by atoms with van der Waals surface area (Å²) < 4.78 is 17.9. The molecule has 1 aliphatic carbocycles. The number of hydrogen-bond donors (Lipinski definition) is 0. The van der Waals surface area contributed by atoms with Crippen molar-refractivity contribution in [2.45, 2.75) is 64.8 Å². The van der Waals surface area contributed by atoms with Crippen LogP contribution in [0.25, 0.3) is 21.9 Å². The van der Waals surface area contributed by atoms with Crippen LogP contribution in [0.4, 0.5) is 0 Å². The second-order valence-electron chi connectivity index (χ2n) is 7.29. The first-order valence-corrected chi connectivity index (χ1v) is 9.93. The van der Waals surface area contributed by atoms with E-state index in [-0.39, 0.29) is 12.2 Å². The lowest BCUT2D eigenvalue weighted by Gasteiger charge is -2.29. The molecule has 1 fully saturated rings. The Hall–Kier alpha value is -2.34. The zero-order chi connectivity index (χ0) is 19.8. The van der Waals surface area contributed by atoms with Gasteiger partial charge in [0.15, 0.2) is 0 Å². The van der Waals surface area contributed by atoms with E-state index in [1.165, 1.54) is 5.56 Å². The van der Waals surface area contributed by atoms with Gasteiger partial charge in [-0.15, -0.1) is 0 Å². The van der Waals surface area contributed by atoms with Crippen LogP contribution in [0.5, 0.6) is 0 Å². The lowest BCUT2D eigenvalue weighted by Crippen LogP contribution is -2.28. The summed E-state index contributed by atoms with van der Waals surface area (Å²) in [6.07, 6.45) is 5.23. The fourth-order valence-corrected chi connectivity index (χ4v) is 3.50. The normalized spacial score (nSPS) is 19.4. The Morgan fingerprint density at radius 1 is 1.25 bits per heavy atom. The maximum Gasteiger partial charge on any atom is 0.226 e. The molecule has 7 heteroatoms. The number of benzene rings is 1. The van der Waals surface area contributed by atoms with E-state index in [1.54, 1.807) is 0 Å². The fraction of sp³-hybridized carbons (Fsp3) is 0.571. The van der Waals surface area contributed by atoms with Crippen LogP contribution >= 0.6 is 0 Å². The Labute approximate surface area is 165 Å². The predicted molar refractivity (Wildman–Crippen MR) is 107 cm³/mol. The number of nitrogens with zero attached hydrogens (tertiary/aromatic N) is 4. The second-order valence-corrected chi connectivity index (χ2v) is 7.29. The summed E-state index contributed by atoms with van der Waals surface area (Å²) >= 11 is 0. The van der Waals surface area contributed by atoms with Gasteiger partial charge in [-0.1, -0.05) is 22.8 Å². The molecule has 0 unspecified atom stereocenters. The minimum atomic E-state index is 0.175. The Kier molecular flexibility index (Phi) is 7.48. The molecule has 0 amide bonds. The molecule has 1 saturated carbocycles. The van der Waals surface area contributed by atoms with E-state index in [0.29, 0.717) is 25.6 Å². The molecule has 1 aromatic carbocycles. The summed E-state index contributed by atoms with van der Waals surface area (Å²) in [6.45, 7) is 5.55. The number of aryl methyl sites for hydroxylation is 2. The average Bonchev–Trinajstić information content (AvgIpc) is 3.07. The highest BCUT2D eigenvalue weighted by atomic mass is 16.5. The van der Waals surface area contributed by atoms with Gasteiger partial charge in [0.1, 0.15) is 11.5 Å². The summed E-state index contributed by atoms with van der Waals surface area (Å²) in [6, 6.07) is 8.14. The van der Waals surface area contributed by atoms with Gasteiger partial charge in [-0.2, -0.15) is 0 Å². The molecule has 0 aliphatic heterocycles. The Morgan fingerprint density at radius 3 is 2.86 bits per heavy atom. The summed E-state index contributed by atoms with van der Waals surface area (Å²) in [5.41, 5.74) is 11.3. The zero-order valence-corrected chi connectivity index (χ0v) is 16.6. The van der Waals surface area contributed by atoms with Crippen LogP contribution in [0.2, 0.25) is 0 Å². The highest BCUT2D eigenvalue weighted by molar-refractivity contribution is 5.54. The highest BCUT2D eigenvalue weighted by Gasteiger charge is 2.24. The minimum Gasteiger partial charge on any atom is -0.441 e. The number of aromatic nitrogens is 1. The van der Waals surface area contributed by atoms with Gasteiger partial charge in [0.25, 0.3) is 0 Å². The molecule has 1 aliphatic rings. The molecule has 3 rings (SSSR count). The maximum atomic E-state index is 8.29. The van der Waals surface area contributed by atoms with Crippen molar-refractivity contribution in [3.63, 3.8) is 0 Å². The van der Waals surface area contributed by atoms with Crippen molar-refractivity contribution in [2.75, 3.05) is 13.2 Å². The van der Waals surface area contributed by atoms with E-state index in [4.69, 9.17) is 19.4 Å². The van der Waals surface area contributed by atoms with Crippen molar-refractivity contribution in [1.29, 1.82) is 0 Å². The highest BCUT2D eigenvalue weighted by Crippen LogP contribution is 2.27. The molecule has 0 saturated heterocycles. The van der Waals surface area contributed by atoms with Crippen molar-refractivity contribution in [3.05, 3.63) is 51.7 Å². The van der Waals surface area contributed by atoms with Crippen LogP contribution in [0.3, 0.4) is 0 Å². The average molecular weight is 384 g/mol. The Bertz CT molecular complexity index is 814. The molecule has 150 valence electrons. The monoisotopic (exact) mass is 384 g/mol. The summed E-state index contributed by atoms with van der Waals surface area (Å²) in [5, 5.41) is 3.53. The molecule has 28 heavy (non-hydrogen) atoms. The number of rotatable bonds is 9. The molecule has 2 atom stereocenters. The van der Waals surface area contributed by atoms with E-state index in [9.17, 15) is 0 Å². The van der Waals surface area contributed by atoms with Crippen LogP contribution < -0.4 is 0 Å². The van der Waals surface area contributed by atoms with Gasteiger partial charge in [0, 0.05) is 23.6 Å². The quantitative estimate of drug-likeness (QED) is 0.247. The molecular formula is C21H28N4O3. The molecule has 1 heterocycles. The lowest BCUT2D eigenvalue weighted by atomic mass is 9.95. The molecule has 7 nitrogen and oxygen atoms in total. The van der Waals surface area contributed by atoms with Gasteiger partial charge in [-0.3, -0.25) is 0 Å². The van der Waals surface area contributed by atoms with Crippen LogP contribution in [0.1, 0.15) is 49.1 Å². The number of ether oxygens (including phenoxy) is 2. The largest absolute Gasteiger partial charge is 0.441 e. The van der Waals surface area contributed by atoms with Gasteiger partial charge < -0.3 is 13.9 Å². The topological polar surface area (TPSA) is 93.2 Å². The molecule has 0 N–H and O–H groups in total. The summed E-state index contributed by atoms with van der Waals surface area (Å²) in [5.74, 6) is 1.45. The number of hydrogen-bond acceptors (Lipinski definition) is 5. The van der Waals surface area contributed by atoms with E-state index < -0.39 is 0 Å². The van der Waals surface area contributed by atoms with Crippen LogP contribution in [-0.2, 0) is 16.1 Å². The summed E-state index contributed by atoms with van der Waals surface area (Å²) in [4.78, 5) is 7.39. The zero-order valence-electron chi connectivity index (χ0n) is 16.6. The number of oxazole rings is 1. The SMILES string of the molecule is Cc1cccc(-c2nc(CO[C@H]3CCC[C@@H](OCCCN=[N+]=[N-])C3)c(C)o2)c1. The first-order valence-electron chi connectivity index (χ1n) is 9.93. The lowest BCUT2D eigenvalue weighted by molar-refractivity contribution is -0.0511. The van der Waals surface area contributed by atoms with Crippen molar-refractivity contribution in [2.24, 2.45) is 5.11 Å². The van der Waals surface area contributed by atoms with Crippen molar-refractivity contribution in [3.8, 4) is 11.5 Å². The van der Waals surface area contributed by atoms with E-state index in [2.05, 4.69) is 34.1 Å². The number of azide groups is 1. The van der Waals surface area contributed by atoms with Gasteiger partial charge >= 0.3 is 0 Å². The first kappa shape index (κ1) is 20.4. The van der Waals surface area contributed by atoms with Gasteiger partial charge in [0.2, 0.25) is 5.89 Å². The van der Waals surface area contributed by atoms with Crippen molar-refractivity contribution < 1.29 is 13.9 Å². The fourth-order valence-electron chi connectivity index (χ4n) is 3.50. The third-order valence-electron chi connectivity index (χ3n) is 5.01. The smallest absolute Gasteiger partial charge is 0.226 e. The molecule has 2 aromatic rings. The predicted octanol–water partition coefficient (Wildman–Crippen LogP) is 5.50. The maximum absolute atomic E-state index is 8.29. The van der Waals surface area contributed by atoms with Gasteiger partial charge in [-0.25, -0.2) is 4.98 Å². The van der Waals surface area contributed by atoms with Gasteiger partial charge in [-0.05, 0) is 63.6 Å². The standard InChI is InChI=1S/C21H28N4O3/c1-15-6-3-7-17(12-15)21-24-20(16(2)28-21)14-27-19-9-4-8-18(13-19)26-11-5-10-23-25-22/h3,6-7,12,18-19H,4-5,8-11,13-14H2,1-2H3/t18-,19+/m1/s1. The Morgan fingerprint density at radius 2 is 2.07 bits per heavy atom. The molecule has 0 radical (unpaired) electrons. The molecular weight excluding hydrogens is 356 g/mol. The van der Waals surface area contributed by atoms with Crippen molar-refractivity contribution >= 4 is 0 Å².